The first-order chi connectivity index (χ1) is 7.18. The van der Waals surface area contributed by atoms with E-state index in [-0.39, 0.29) is 0 Å². The molecule has 0 aliphatic carbocycles. The average Bonchev–Trinajstić information content (AvgIpc) is 2.23. The SMILES string of the molecule is Nc1nccnc1-c1cc(Cl)ccc1Br. The lowest BCUT2D eigenvalue weighted by molar-refractivity contribution is 1.21. The van der Waals surface area contributed by atoms with Gasteiger partial charge in [0, 0.05) is 27.5 Å². The van der Waals surface area contributed by atoms with E-state index in [9.17, 15) is 0 Å². The summed E-state index contributed by atoms with van der Waals surface area (Å²) in [4.78, 5) is 8.15. The van der Waals surface area contributed by atoms with E-state index in [1.54, 1.807) is 24.5 Å². The Morgan fingerprint density at radius 3 is 2.67 bits per heavy atom. The Kier molecular flexibility index (Phi) is 2.88. The molecule has 0 unspecified atom stereocenters. The van der Waals surface area contributed by atoms with Gasteiger partial charge in [-0.05, 0) is 18.2 Å². The smallest absolute Gasteiger partial charge is 0.150 e. The lowest BCUT2D eigenvalue weighted by Crippen LogP contribution is -1.96. The lowest BCUT2D eigenvalue weighted by atomic mass is 10.1. The van der Waals surface area contributed by atoms with Gasteiger partial charge in [-0.25, -0.2) is 4.98 Å². The van der Waals surface area contributed by atoms with Crippen LogP contribution >= 0.6 is 27.5 Å². The van der Waals surface area contributed by atoms with Crippen molar-refractivity contribution in [3.05, 3.63) is 40.1 Å². The molecule has 0 bridgehead atoms. The van der Waals surface area contributed by atoms with Gasteiger partial charge in [0.15, 0.2) is 0 Å². The Bertz CT molecular complexity index is 502. The van der Waals surface area contributed by atoms with Gasteiger partial charge in [0.05, 0.1) is 0 Å². The van der Waals surface area contributed by atoms with E-state index < -0.39 is 0 Å². The van der Waals surface area contributed by atoms with Gasteiger partial charge in [0.1, 0.15) is 11.5 Å². The van der Waals surface area contributed by atoms with Crippen LogP contribution in [0.15, 0.2) is 35.1 Å². The fraction of sp³-hybridized carbons (Fsp3) is 0. The molecule has 2 aromatic rings. The first kappa shape index (κ1) is 10.4. The minimum atomic E-state index is 0.389. The highest BCUT2D eigenvalue weighted by atomic mass is 79.9. The van der Waals surface area contributed by atoms with Crippen molar-refractivity contribution in [3.63, 3.8) is 0 Å². The number of hydrogen-bond acceptors (Lipinski definition) is 3. The van der Waals surface area contributed by atoms with Gasteiger partial charge in [0.25, 0.3) is 0 Å². The molecule has 0 fully saturated rings. The van der Waals surface area contributed by atoms with Gasteiger partial charge in [-0.1, -0.05) is 27.5 Å². The second-order valence-electron chi connectivity index (χ2n) is 2.91. The second-order valence-corrected chi connectivity index (χ2v) is 4.21. The van der Waals surface area contributed by atoms with Crippen molar-refractivity contribution >= 4 is 33.3 Å². The molecule has 0 aliphatic rings. The van der Waals surface area contributed by atoms with Gasteiger partial charge >= 0.3 is 0 Å². The number of hydrogen-bond donors (Lipinski definition) is 1. The van der Waals surface area contributed by atoms with Crippen LogP contribution in [0.3, 0.4) is 0 Å². The summed E-state index contributed by atoms with van der Waals surface area (Å²) in [6.45, 7) is 0. The quantitative estimate of drug-likeness (QED) is 0.875. The molecule has 15 heavy (non-hydrogen) atoms. The zero-order chi connectivity index (χ0) is 10.8. The van der Waals surface area contributed by atoms with Crippen LogP contribution in [0.2, 0.25) is 5.02 Å². The number of halogens is 2. The standard InChI is InChI=1S/C10H7BrClN3/c11-8-2-1-6(12)5-7(8)9-10(13)15-4-3-14-9/h1-5H,(H2,13,15). The van der Waals surface area contributed by atoms with Crippen LogP contribution in [-0.2, 0) is 0 Å². The fourth-order valence-corrected chi connectivity index (χ4v) is 1.84. The predicted molar refractivity (Wildman–Crippen MR) is 64.6 cm³/mol. The normalized spacial score (nSPS) is 10.3. The number of aromatic nitrogens is 2. The van der Waals surface area contributed by atoms with Crippen LogP contribution < -0.4 is 5.73 Å². The Morgan fingerprint density at radius 2 is 1.93 bits per heavy atom. The Balaban J connectivity index is 2.64. The molecule has 1 aromatic heterocycles. The molecule has 0 saturated heterocycles. The summed E-state index contributed by atoms with van der Waals surface area (Å²) < 4.78 is 0.888. The van der Waals surface area contributed by atoms with Gasteiger partial charge in [-0.2, -0.15) is 0 Å². The fourth-order valence-electron chi connectivity index (χ4n) is 1.24. The predicted octanol–water partition coefficient (Wildman–Crippen LogP) is 3.14. The number of nitrogens with zero attached hydrogens (tertiary/aromatic N) is 2. The zero-order valence-electron chi connectivity index (χ0n) is 7.61. The van der Waals surface area contributed by atoms with Gasteiger partial charge in [-0.3, -0.25) is 4.98 Å². The molecule has 1 heterocycles. The van der Waals surface area contributed by atoms with Crippen molar-refractivity contribution in [1.29, 1.82) is 0 Å². The molecule has 1 aromatic carbocycles. The maximum Gasteiger partial charge on any atom is 0.150 e. The monoisotopic (exact) mass is 283 g/mol. The summed E-state index contributed by atoms with van der Waals surface area (Å²) in [6, 6.07) is 5.44. The molecule has 0 radical (unpaired) electrons. The molecule has 2 rings (SSSR count). The molecular weight excluding hydrogens is 277 g/mol. The third-order valence-electron chi connectivity index (χ3n) is 1.91. The van der Waals surface area contributed by atoms with Crippen molar-refractivity contribution in [2.24, 2.45) is 0 Å². The first-order valence-electron chi connectivity index (χ1n) is 4.20. The molecule has 0 atom stereocenters. The van der Waals surface area contributed by atoms with Crippen molar-refractivity contribution in [3.8, 4) is 11.3 Å². The summed E-state index contributed by atoms with van der Waals surface area (Å²) in [5.41, 5.74) is 7.21. The number of nitrogens with two attached hydrogens (primary N) is 1. The highest BCUT2D eigenvalue weighted by molar-refractivity contribution is 9.10. The number of anilines is 1. The lowest BCUT2D eigenvalue weighted by Gasteiger charge is -2.05. The molecule has 0 amide bonds. The summed E-state index contributed by atoms with van der Waals surface area (Å²) in [6.07, 6.45) is 3.15. The van der Waals surface area contributed by atoms with Crippen molar-refractivity contribution < 1.29 is 0 Å². The minimum Gasteiger partial charge on any atom is -0.382 e. The van der Waals surface area contributed by atoms with Crippen molar-refractivity contribution in [2.75, 3.05) is 5.73 Å². The van der Waals surface area contributed by atoms with Crippen LogP contribution in [0.25, 0.3) is 11.3 Å². The summed E-state index contributed by atoms with van der Waals surface area (Å²) in [5.74, 6) is 0.389. The Hall–Kier alpha value is -1.13. The van der Waals surface area contributed by atoms with E-state index in [4.69, 9.17) is 17.3 Å². The van der Waals surface area contributed by atoms with Gasteiger partial charge in [-0.15, -0.1) is 0 Å². The average molecular weight is 285 g/mol. The second kappa shape index (κ2) is 4.16. The van der Waals surface area contributed by atoms with E-state index in [2.05, 4.69) is 25.9 Å². The van der Waals surface area contributed by atoms with Crippen LogP contribution in [0.1, 0.15) is 0 Å². The van der Waals surface area contributed by atoms with Gasteiger partial charge < -0.3 is 5.73 Å². The highest BCUT2D eigenvalue weighted by Gasteiger charge is 2.08. The molecular formula is C10H7BrClN3. The molecule has 0 saturated carbocycles. The third-order valence-corrected chi connectivity index (χ3v) is 2.84. The van der Waals surface area contributed by atoms with Gasteiger partial charge in [0.2, 0.25) is 0 Å². The van der Waals surface area contributed by atoms with Crippen LogP contribution in [-0.4, -0.2) is 9.97 Å². The Morgan fingerprint density at radius 1 is 1.20 bits per heavy atom. The first-order valence-corrected chi connectivity index (χ1v) is 5.37. The summed E-state index contributed by atoms with van der Waals surface area (Å²) in [5, 5.41) is 0.637. The number of nitrogen functional groups attached to an aromatic ring is 1. The van der Waals surface area contributed by atoms with E-state index in [0.717, 1.165) is 10.0 Å². The van der Waals surface area contributed by atoms with Crippen molar-refractivity contribution in [1.82, 2.24) is 9.97 Å². The molecule has 2 N–H and O–H groups in total. The zero-order valence-corrected chi connectivity index (χ0v) is 9.96. The maximum atomic E-state index is 5.91. The van der Waals surface area contributed by atoms with Crippen molar-refractivity contribution in [2.45, 2.75) is 0 Å². The van der Waals surface area contributed by atoms with Crippen LogP contribution in [0, 0.1) is 0 Å². The molecule has 3 nitrogen and oxygen atoms in total. The molecule has 76 valence electrons. The van der Waals surface area contributed by atoms with E-state index in [1.807, 2.05) is 6.07 Å². The molecule has 5 heteroatoms. The van der Waals surface area contributed by atoms with E-state index in [0.29, 0.717) is 16.5 Å². The number of rotatable bonds is 1. The summed E-state index contributed by atoms with van der Waals surface area (Å²) in [7, 11) is 0. The summed E-state index contributed by atoms with van der Waals surface area (Å²) >= 11 is 9.33. The number of benzene rings is 1. The highest BCUT2D eigenvalue weighted by Crippen LogP contribution is 2.31. The minimum absolute atomic E-state index is 0.389. The van der Waals surface area contributed by atoms with E-state index in [1.165, 1.54) is 0 Å². The largest absolute Gasteiger partial charge is 0.382 e. The third kappa shape index (κ3) is 2.11. The van der Waals surface area contributed by atoms with E-state index >= 15 is 0 Å². The molecule has 0 aliphatic heterocycles. The topological polar surface area (TPSA) is 51.8 Å². The Labute approximate surface area is 100 Å². The van der Waals surface area contributed by atoms with Crippen LogP contribution in [0.4, 0.5) is 5.82 Å². The van der Waals surface area contributed by atoms with Crippen LogP contribution in [0.5, 0.6) is 0 Å². The molecule has 0 spiro atoms. The maximum absolute atomic E-state index is 5.91.